The number of amides is 1. The quantitative estimate of drug-likeness (QED) is 0.768. The fourth-order valence-corrected chi connectivity index (χ4v) is 4.83. The largest absolute Gasteiger partial charge is 0.494 e. The van der Waals surface area contributed by atoms with Crippen molar-refractivity contribution >= 4 is 33.2 Å². The van der Waals surface area contributed by atoms with Crippen LogP contribution < -0.4 is 10.1 Å². The SMILES string of the molecule is CCOc1ccc(NC(=O)[C@H]2CCCN(S(=O)(=O)c3ccc(Cl)cc3)C2)cc1. The van der Waals surface area contributed by atoms with E-state index in [4.69, 9.17) is 16.3 Å². The molecule has 1 heterocycles. The summed E-state index contributed by atoms with van der Waals surface area (Å²) in [5.74, 6) is 0.154. The minimum Gasteiger partial charge on any atom is -0.494 e. The lowest BCUT2D eigenvalue weighted by Crippen LogP contribution is -2.43. The minimum atomic E-state index is -3.65. The zero-order chi connectivity index (χ0) is 20.1. The second kappa shape index (κ2) is 8.94. The standard InChI is InChI=1S/C20H23ClN2O4S/c1-2-27-18-9-7-17(8-10-18)22-20(24)15-4-3-13-23(14-15)28(25,26)19-11-5-16(21)6-12-19/h5-12,15H,2-4,13-14H2,1H3,(H,22,24)/t15-/m0/s1. The van der Waals surface area contributed by atoms with Crippen molar-refractivity contribution in [2.45, 2.75) is 24.7 Å². The van der Waals surface area contributed by atoms with Crippen LogP contribution in [0, 0.1) is 5.92 Å². The molecule has 28 heavy (non-hydrogen) atoms. The molecule has 0 spiro atoms. The third-order valence-electron chi connectivity index (χ3n) is 4.64. The molecule has 1 aliphatic heterocycles. The monoisotopic (exact) mass is 422 g/mol. The zero-order valence-corrected chi connectivity index (χ0v) is 17.2. The van der Waals surface area contributed by atoms with E-state index in [0.29, 0.717) is 36.7 Å². The Morgan fingerprint density at radius 1 is 1.18 bits per heavy atom. The first kappa shape index (κ1) is 20.6. The van der Waals surface area contributed by atoms with Gasteiger partial charge >= 0.3 is 0 Å². The number of anilines is 1. The van der Waals surface area contributed by atoms with E-state index < -0.39 is 15.9 Å². The Kier molecular flexibility index (Phi) is 6.59. The van der Waals surface area contributed by atoms with Crippen molar-refractivity contribution in [3.05, 3.63) is 53.6 Å². The molecular formula is C20H23ClN2O4S. The van der Waals surface area contributed by atoms with Crippen molar-refractivity contribution in [1.29, 1.82) is 0 Å². The van der Waals surface area contributed by atoms with Crippen LogP contribution in [0.25, 0.3) is 0 Å². The lowest BCUT2D eigenvalue weighted by Gasteiger charge is -2.31. The summed E-state index contributed by atoms with van der Waals surface area (Å²) < 4.78 is 32.5. The van der Waals surface area contributed by atoms with Gasteiger partial charge in [0.05, 0.1) is 17.4 Å². The summed E-state index contributed by atoms with van der Waals surface area (Å²) in [6.07, 6.45) is 1.28. The van der Waals surface area contributed by atoms with E-state index in [1.54, 1.807) is 36.4 Å². The highest BCUT2D eigenvalue weighted by Gasteiger charge is 2.33. The van der Waals surface area contributed by atoms with Crippen molar-refractivity contribution in [3.63, 3.8) is 0 Å². The number of hydrogen-bond acceptors (Lipinski definition) is 4. The molecule has 150 valence electrons. The first-order valence-corrected chi connectivity index (χ1v) is 11.0. The van der Waals surface area contributed by atoms with Crippen LogP contribution >= 0.6 is 11.6 Å². The van der Waals surface area contributed by atoms with Crippen LogP contribution in [0.15, 0.2) is 53.4 Å². The Bertz CT molecular complexity index is 914. The number of piperidine rings is 1. The molecule has 1 saturated heterocycles. The number of rotatable bonds is 6. The molecule has 0 aliphatic carbocycles. The summed E-state index contributed by atoms with van der Waals surface area (Å²) in [5.41, 5.74) is 0.658. The van der Waals surface area contributed by atoms with Crippen LogP contribution in [0.3, 0.4) is 0 Å². The third-order valence-corrected chi connectivity index (χ3v) is 6.77. The number of ether oxygens (including phenoxy) is 1. The van der Waals surface area contributed by atoms with Crippen LogP contribution in [0.4, 0.5) is 5.69 Å². The minimum absolute atomic E-state index is 0.161. The number of nitrogens with zero attached hydrogens (tertiary/aromatic N) is 1. The molecule has 8 heteroatoms. The number of carbonyl (C=O) groups excluding carboxylic acids is 1. The molecule has 0 aromatic heterocycles. The summed E-state index contributed by atoms with van der Waals surface area (Å²) >= 11 is 5.85. The Labute approximate surface area is 170 Å². The first-order valence-electron chi connectivity index (χ1n) is 9.19. The normalized spacial score (nSPS) is 17.9. The number of nitrogens with one attached hydrogen (secondary N) is 1. The van der Waals surface area contributed by atoms with Gasteiger partial charge in [0.2, 0.25) is 15.9 Å². The van der Waals surface area contributed by atoms with Gasteiger partial charge in [0.1, 0.15) is 5.75 Å². The van der Waals surface area contributed by atoms with E-state index in [1.807, 2.05) is 6.92 Å². The second-order valence-electron chi connectivity index (χ2n) is 6.60. The fourth-order valence-electron chi connectivity index (χ4n) is 3.18. The number of halogens is 1. The highest BCUT2D eigenvalue weighted by atomic mass is 35.5. The van der Waals surface area contributed by atoms with Gasteiger partial charge < -0.3 is 10.1 Å². The van der Waals surface area contributed by atoms with E-state index in [0.717, 1.165) is 5.75 Å². The molecule has 0 bridgehead atoms. The molecule has 1 amide bonds. The van der Waals surface area contributed by atoms with E-state index in [2.05, 4.69) is 5.32 Å². The number of hydrogen-bond donors (Lipinski definition) is 1. The predicted octanol–water partition coefficient (Wildman–Crippen LogP) is 3.78. The van der Waals surface area contributed by atoms with E-state index in [1.165, 1.54) is 16.4 Å². The molecule has 1 atom stereocenters. The maximum Gasteiger partial charge on any atom is 0.243 e. The molecular weight excluding hydrogens is 400 g/mol. The van der Waals surface area contributed by atoms with Gasteiger partial charge in [0.15, 0.2) is 0 Å². The van der Waals surface area contributed by atoms with Crippen molar-refractivity contribution in [2.75, 3.05) is 25.0 Å². The van der Waals surface area contributed by atoms with Gasteiger partial charge in [0.25, 0.3) is 0 Å². The van der Waals surface area contributed by atoms with Crippen LogP contribution in [0.1, 0.15) is 19.8 Å². The molecule has 2 aromatic carbocycles. The molecule has 2 aromatic rings. The highest BCUT2D eigenvalue weighted by molar-refractivity contribution is 7.89. The fraction of sp³-hybridized carbons (Fsp3) is 0.350. The van der Waals surface area contributed by atoms with Gasteiger partial charge in [-0.1, -0.05) is 11.6 Å². The van der Waals surface area contributed by atoms with Crippen LogP contribution in [-0.4, -0.2) is 38.3 Å². The molecule has 1 N–H and O–H groups in total. The Balaban J connectivity index is 1.66. The predicted molar refractivity (Wildman–Crippen MR) is 109 cm³/mol. The van der Waals surface area contributed by atoms with Crippen LogP contribution in [-0.2, 0) is 14.8 Å². The Morgan fingerprint density at radius 3 is 2.50 bits per heavy atom. The first-order chi connectivity index (χ1) is 13.4. The number of carbonyl (C=O) groups is 1. The topological polar surface area (TPSA) is 75.7 Å². The number of benzene rings is 2. The molecule has 0 saturated carbocycles. The van der Waals surface area contributed by atoms with Crippen LogP contribution in [0.2, 0.25) is 5.02 Å². The summed E-state index contributed by atoms with van der Waals surface area (Å²) in [6.45, 7) is 3.04. The lowest BCUT2D eigenvalue weighted by atomic mass is 9.99. The Hall–Kier alpha value is -2.09. The van der Waals surface area contributed by atoms with Crippen molar-refractivity contribution in [2.24, 2.45) is 5.92 Å². The smallest absolute Gasteiger partial charge is 0.243 e. The van der Waals surface area contributed by atoms with E-state index >= 15 is 0 Å². The van der Waals surface area contributed by atoms with Gasteiger partial charge in [-0.2, -0.15) is 4.31 Å². The van der Waals surface area contributed by atoms with Gasteiger partial charge in [-0.05, 0) is 68.3 Å². The maximum absolute atomic E-state index is 12.9. The van der Waals surface area contributed by atoms with Crippen molar-refractivity contribution < 1.29 is 17.9 Å². The molecule has 1 fully saturated rings. The lowest BCUT2D eigenvalue weighted by molar-refractivity contribution is -0.120. The van der Waals surface area contributed by atoms with Gasteiger partial charge in [-0.3, -0.25) is 4.79 Å². The summed E-state index contributed by atoms with van der Waals surface area (Å²) in [7, 11) is -3.65. The van der Waals surface area contributed by atoms with Gasteiger partial charge in [-0.15, -0.1) is 0 Å². The molecule has 0 unspecified atom stereocenters. The van der Waals surface area contributed by atoms with Gasteiger partial charge in [0, 0.05) is 23.8 Å². The highest BCUT2D eigenvalue weighted by Crippen LogP contribution is 2.26. The average Bonchev–Trinajstić information content (AvgIpc) is 2.70. The molecule has 1 aliphatic rings. The molecule has 6 nitrogen and oxygen atoms in total. The number of sulfonamides is 1. The third kappa shape index (κ3) is 4.84. The molecule has 3 rings (SSSR count). The van der Waals surface area contributed by atoms with E-state index in [-0.39, 0.29) is 17.3 Å². The van der Waals surface area contributed by atoms with E-state index in [9.17, 15) is 13.2 Å². The van der Waals surface area contributed by atoms with Crippen molar-refractivity contribution in [3.8, 4) is 5.75 Å². The summed E-state index contributed by atoms with van der Waals surface area (Å²) in [6, 6.07) is 13.2. The zero-order valence-electron chi connectivity index (χ0n) is 15.6. The average molecular weight is 423 g/mol. The Morgan fingerprint density at radius 2 is 1.86 bits per heavy atom. The summed E-state index contributed by atoms with van der Waals surface area (Å²) in [5, 5.41) is 3.34. The maximum atomic E-state index is 12.9. The van der Waals surface area contributed by atoms with Crippen molar-refractivity contribution in [1.82, 2.24) is 4.31 Å². The van der Waals surface area contributed by atoms with Crippen LogP contribution in [0.5, 0.6) is 5.75 Å². The van der Waals surface area contributed by atoms with Gasteiger partial charge in [-0.25, -0.2) is 8.42 Å². The molecule has 0 radical (unpaired) electrons. The summed E-state index contributed by atoms with van der Waals surface area (Å²) in [4.78, 5) is 12.8. The second-order valence-corrected chi connectivity index (χ2v) is 8.98.